The molecule has 7 nitrogen and oxygen atoms in total. The van der Waals surface area contributed by atoms with Crippen LogP contribution in [0.15, 0.2) is 28.9 Å². The molecule has 1 aliphatic carbocycles. The van der Waals surface area contributed by atoms with Gasteiger partial charge in [-0.1, -0.05) is 6.07 Å². The fourth-order valence-electron chi connectivity index (χ4n) is 2.93. The van der Waals surface area contributed by atoms with E-state index in [9.17, 15) is 13.2 Å². The maximum atomic E-state index is 12.6. The second-order valence-corrected chi connectivity index (χ2v) is 6.33. The van der Waals surface area contributed by atoms with Crippen molar-refractivity contribution >= 4 is 5.95 Å². The average Bonchev–Trinajstić information content (AvgIpc) is 3.16. The van der Waals surface area contributed by atoms with Crippen molar-refractivity contribution in [3.05, 3.63) is 48.1 Å². The standard InChI is InChI=1S/C18H14F3N5O2/c1-27-13-5-3-12(4-6-13)17(7-2-8-17)24-16-22-9-11(10-23-16)14-25-26-15(28-14)18(19,20)21/h3,5,9-10H,2,7-8H2,1H3,(H,22,23,24). The van der Waals surface area contributed by atoms with Gasteiger partial charge in [0.2, 0.25) is 5.95 Å². The van der Waals surface area contributed by atoms with E-state index in [0.29, 0.717) is 11.7 Å². The molecule has 0 bridgehead atoms. The minimum absolute atomic E-state index is 0.195. The summed E-state index contributed by atoms with van der Waals surface area (Å²) in [5.41, 5.74) is 0.748. The lowest BCUT2D eigenvalue weighted by Crippen LogP contribution is -2.42. The largest absolute Gasteiger partial charge is 0.489 e. The number of hydrogen-bond acceptors (Lipinski definition) is 7. The highest BCUT2D eigenvalue weighted by molar-refractivity contribution is 5.51. The van der Waals surface area contributed by atoms with Crippen LogP contribution in [0.5, 0.6) is 5.75 Å². The Labute approximate surface area is 158 Å². The summed E-state index contributed by atoms with van der Waals surface area (Å²) in [6, 6.07) is 9.76. The van der Waals surface area contributed by atoms with Crippen molar-refractivity contribution in [1.29, 1.82) is 0 Å². The molecule has 1 aliphatic rings. The highest BCUT2D eigenvalue weighted by Gasteiger charge is 2.40. The molecule has 0 saturated heterocycles. The summed E-state index contributed by atoms with van der Waals surface area (Å²) >= 11 is 0. The number of alkyl halides is 3. The first-order valence-electron chi connectivity index (χ1n) is 8.39. The van der Waals surface area contributed by atoms with Gasteiger partial charge in [0.1, 0.15) is 0 Å². The lowest BCUT2D eigenvalue weighted by Gasteiger charge is -2.42. The minimum Gasteiger partial charge on any atom is -0.489 e. The van der Waals surface area contributed by atoms with Gasteiger partial charge in [0.15, 0.2) is 5.75 Å². The summed E-state index contributed by atoms with van der Waals surface area (Å²) < 4.78 is 47.4. The third-order valence-electron chi connectivity index (χ3n) is 4.58. The van der Waals surface area contributed by atoms with Crippen LogP contribution in [0, 0.1) is 12.1 Å². The summed E-state index contributed by atoms with van der Waals surface area (Å²) in [4.78, 5) is 8.35. The summed E-state index contributed by atoms with van der Waals surface area (Å²) in [6.45, 7) is 0. The average molecular weight is 389 g/mol. The third-order valence-corrected chi connectivity index (χ3v) is 4.58. The number of aromatic nitrogens is 4. The zero-order chi connectivity index (χ0) is 19.8. The molecule has 144 valence electrons. The van der Waals surface area contributed by atoms with Crippen molar-refractivity contribution in [2.24, 2.45) is 0 Å². The number of halogens is 3. The number of nitrogens with zero attached hydrogens (tertiary/aromatic N) is 4. The van der Waals surface area contributed by atoms with Gasteiger partial charge < -0.3 is 14.5 Å². The van der Waals surface area contributed by atoms with Crippen LogP contribution in [0.2, 0.25) is 0 Å². The Hall–Kier alpha value is -3.35. The van der Waals surface area contributed by atoms with E-state index in [0.717, 1.165) is 24.8 Å². The summed E-state index contributed by atoms with van der Waals surface area (Å²) in [5, 5.41) is 9.67. The molecule has 1 aromatic carbocycles. The molecule has 2 aromatic heterocycles. The molecule has 0 aliphatic heterocycles. The highest BCUT2D eigenvalue weighted by Crippen LogP contribution is 2.43. The molecule has 0 unspecified atom stereocenters. The Bertz CT molecular complexity index is 951. The summed E-state index contributed by atoms with van der Waals surface area (Å²) in [5.74, 6) is -0.778. The molecular weight excluding hydrogens is 375 g/mol. The van der Waals surface area contributed by atoms with E-state index < -0.39 is 12.1 Å². The van der Waals surface area contributed by atoms with E-state index >= 15 is 0 Å². The highest BCUT2D eigenvalue weighted by atomic mass is 19.4. The topological polar surface area (TPSA) is 86.0 Å². The van der Waals surface area contributed by atoms with Gasteiger partial charge in [0.05, 0.1) is 18.2 Å². The van der Waals surface area contributed by atoms with Crippen molar-refractivity contribution in [1.82, 2.24) is 20.2 Å². The molecule has 4 rings (SSSR count). The number of nitrogens with one attached hydrogen (secondary N) is 1. The van der Waals surface area contributed by atoms with Gasteiger partial charge in [-0.05, 0) is 37.5 Å². The molecule has 1 N–H and O–H groups in total. The van der Waals surface area contributed by atoms with E-state index in [4.69, 9.17) is 4.74 Å². The lowest BCUT2D eigenvalue weighted by molar-refractivity contribution is -0.156. The normalized spacial score (nSPS) is 15.4. The van der Waals surface area contributed by atoms with Crippen LogP contribution < -0.4 is 10.1 Å². The Morgan fingerprint density at radius 2 is 1.89 bits per heavy atom. The monoisotopic (exact) mass is 389 g/mol. The van der Waals surface area contributed by atoms with Crippen LogP contribution in [-0.4, -0.2) is 27.3 Å². The number of ether oxygens (including phenoxy) is 1. The Morgan fingerprint density at radius 1 is 1.14 bits per heavy atom. The van der Waals surface area contributed by atoms with E-state index in [1.165, 1.54) is 12.4 Å². The van der Waals surface area contributed by atoms with Gasteiger partial charge >= 0.3 is 12.1 Å². The Morgan fingerprint density at radius 3 is 2.39 bits per heavy atom. The van der Waals surface area contributed by atoms with Crippen LogP contribution in [0.3, 0.4) is 0 Å². The van der Waals surface area contributed by atoms with Gasteiger partial charge in [0, 0.05) is 18.0 Å². The Kier molecular flexibility index (Phi) is 4.30. The number of rotatable bonds is 5. The van der Waals surface area contributed by atoms with Crippen molar-refractivity contribution in [2.75, 3.05) is 12.4 Å². The van der Waals surface area contributed by atoms with Gasteiger partial charge in [-0.3, -0.25) is 0 Å². The van der Waals surface area contributed by atoms with Crippen LogP contribution >= 0.6 is 0 Å². The lowest BCUT2D eigenvalue weighted by atomic mass is 9.72. The second-order valence-electron chi connectivity index (χ2n) is 6.33. The fourth-order valence-corrected chi connectivity index (χ4v) is 2.93. The van der Waals surface area contributed by atoms with Gasteiger partial charge in [-0.15, -0.1) is 10.2 Å². The molecular formula is C18H14F3N5O2. The van der Waals surface area contributed by atoms with E-state index in [2.05, 4.69) is 42.0 Å². The first kappa shape index (κ1) is 18.0. The molecule has 3 aromatic rings. The number of methoxy groups -OCH3 is 1. The van der Waals surface area contributed by atoms with E-state index in [-0.39, 0.29) is 17.0 Å². The van der Waals surface area contributed by atoms with Gasteiger partial charge in [-0.25, -0.2) is 9.97 Å². The molecule has 1 saturated carbocycles. The van der Waals surface area contributed by atoms with E-state index in [1.807, 2.05) is 12.1 Å². The summed E-state index contributed by atoms with van der Waals surface area (Å²) in [7, 11) is 1.56. The smallest absolute Gasteiger partial charge is 0.470 e. The van der Waals surface area contributed by atoms with Crippen LogP contribution in [0.25, 0.3) is 11.5 Å². The fraction of sp³-hybridized carbons (Fsp3) is 0.333. The van der Waals surface area contributed by atoms with Gasteiger partial charge in [-0.2, -0.15) is 13.2 Å². The number of hydrogen-bond donors (Lipinski definition) is 1. The van der Waals surface area contributed by atoms with Crippen LogP contribution in [0.4, 0.5) is 19.1 Å². The molecule has 28 heavy (non-hydrogen) atoms. The third kappa shape index (κ3) is 3.31. The van der Waals surface area contributed by atoms with Crippen LogP contribution in [0.1, 0.15) is 30.7 Å². The first-order valence-corrected chi connectivity index (χ1v) is 8.39. The first-order chi connectivity index (χ1) is 13.4. The SMILES string of the molecule is COc1c#cc(C2(Nc3ncc(-c4nnc(C(F)(F)F)o4)cn3)CCC2)cc1. The van der Waals surface area contributed by atoms with Gasteiger partial charge in [0.25, 0.3) is 5.89 Å². The van der Waals surface area contributed by atoms with Crippen molar-refractivity contribution in [2.45, 2.75) is 31.0 Å². The summed E-state index contributed by atoms with van der Waals surface area (Å²) in [6.07, 6.45) is 0.739. The zero-order valence-electron chi connectivity index (χ0n) is 14.7. The molecule has 0 amide bonds. The zero-order valence-corrected chi connectivity index (χ0v) is 14.7. The maximum Gasteiger partial charge on any atom is 0.470 e. The van der Waals surface area contributed by atoms with Crippen molar-refractivity contribution in [3.63, 3.8) is 0 Å². The van der Waals surface area contributed by atoms with Crippen molar-refractivity contribution in [3.8, 4) is 17.2 Å². The molecule has 0 atom stereocenters. The quantitative estimate of drug-likeness (QED) is 0.713. The predicted molar refractivity (Wildman–Crippen MR) is 90.1 cm³/mol. The Balaban J connectivity index is 1.52. The van der Waals surface area contributed by atoms with E-state index in [1.54, 1.807) is 7.11 Å². The number of anilines is 1. The predicted octanol–water partition coefficient (Wildman–Crippen LogP) is 3.65. The molecule has 10 heteroatoms. The van der Waals surface area contributed by atoms with Crippen molar-refractivity contribution < 1.29 is 22.3 Å². The molecule has 0 radical (unpaired) electrons. The second kappa shape index (κ2) is 6.67. The van der Waals surface area contributed by atoms with Crippen LogP contribution in [-0.2, 0) is 11.7 Å². The molecule has 0 spiro atoms. The molecule has 1 fully saturated rings. The maximum absolute atomic E-state index is 12.6. The molecule has 2 heterocycles. The minimum atomic E-state index is -4.70.